The van der Waals surface area contributed by atoms with E-state index in [4.69, 9.17) is 6.57 Å². The van der Waals surface area contributed by atoms with E-state index in [0.29, 0.717) is 6.54 Å². The van der Waals surface area contributed by atoms with Crippen molar-refractivity contribution in [2.45, 2.75) is 37.5 Å². The van der Waals surface area contributed by atoms with Gasteiger partial charge < -0.3 is 4.85 Å². The van der Waals surface area contributed by atoms with Gasteiger partial charge in [0.15, 0.2) is 0 Å². The van der Waals surface area contributed by atoms with Crippen molar-refractivity contribution in [2.24, 2.45) is 0 Å². The highest BCUT2D eigenvalue weighted by atomic mass is 14.7. The molecule has 1 nitrogen and oxygen atoms in total. The highest BCUT2D eigenvalue weighted by Crippen LogP contribution is 2.39. The molecule has 0 aromatic heterocycles. The molecule has 0 bridgehead atoms. The molecule has 1 aromatic rings. The van der Waals surface area contributed by atoms with Crippen molar-refractivity contribution in [3.8, 4) is 0 Å². The molecule has 0 saturated heterocycles. The first kappa shape index (κ1) is 10.2. The smallest absolute Gasteiger partial charge is 0.224 e. The van der Waals surface area contributed by atoms with Gasteiger partial charge in [0.05, 0.1) is 5.41 Å². The van der Waals surface area contributed by atoms with Crippen LogP contribution >= 0.6 is 0 Å². The van der Waals surface area contributed by atoms with Crippen LogP contribution < -0.4 is 0 Å². The molecule has 0 radical (unpaired) electrons. The van der Waals surface area contributed by atoms with Crippen LogP contribution in [-0.4, -0.2) is 6.54 Å². The van der Waals surface area contributed by atoms with Gasteiger partial charge >= 0.3 is 0 Å². The highest BCUT2D eigenvalue weighted by Gasteiger charge is 2.36. The van der Waals surface area contributed by atoms with E-state index in [1.165, 1.54) is 37.7 Å². The lowest BCUT2D eigenvalue weighted by molar-refractivity contribution is 0.313. The lowest BCUT2D eigenvalue weighted by Gasteiger charge is -2.33. The van der Waals surface area contributed by atoms with E-state index in [0.717, 1.165) is 0 Å². The molecule has 1 saturated carbocycles. The van der Waals surface area contributed by atoms with Crippen LogP contribution in [0.1, 0.15) is 37.7 Å². The summed E-state index contributed by atoms with van der Waals surface area (Å²) in [6.07, 6.45) is 6.29. The fourth-order valence-corrected chi connectivity index (χ4v) is 2.71. The molecule has 1 heteroatoms. The maximum Gasteiger partial charge on any atom is 0.224 e. The molecule has 1 aliphatic carbocycles. The second kappa shape index (κ2) is 4.49. The summed E-state index contributed by atoms with van der Waals surface area (Å²) in [4.78, 5) is 3.66. The molecule has 0 amide bonds. The minimum absolute atomic E-state index is 0.168. The van der Waals surface area contributed by atoms with Crippen LogP contribution in [0.3, 0.4) is 0 Å². The molecule has 1 aromatic carbocycles. The number of hydrogen-bond donors (Lipinski definition) is 0. The Bertz CT molecular complexity index is 341. The van der Waals surface area contributed by atoms with Crippen molar-refractivity contribution in [3.63, 3.8) is 0 Å². The molecule has 2 rings (SSSR count). The van der Waals surface area contributed by atoms with Gasteiger partial charge in [-0.3, -0.25) is 0 Å². The molecule has 1 aliphatic rings. The SMILES string of the molecule is [C-]#[N+]CC1(c2ccccc2)CCCCC1. The number of benzene rings is 1. The Labute approximate surface area is 91.9 Å². The zero-order valence-corrected chi connectivity index (χ0v) is 9.08. The largest absolute Gasteiger partial charge is 0.316 e. The quantitative estimate of drug-likeness (QED) is 0.638. The summed E-state index contributed by atoms with van der Waals surface area (Å²) in [6, 6.07) is 10.6. The van der Waals surface area contributed by atoms with Crippen molar-refractivity contribution < 1.29 is 0 Å². The van der Waals surface area contributed by atoms with E-state index in [1.54, 1.807) is 0 Å². The molecule has 0 N–H and O–H groups in total. The maximum atomic E-state index is 7.14. The first-order valence-corrected chi connectivity index (χ1v) is 5.76. The molecule has 0 aliphatic heterocycles. The Kier molecular flexibility index (Phi) is 3.06. The van der Waals surface area contributed by atoms with Crippen LogP contribution in [0.2, 0.25) is 0 Å². The Hall–Kier alpha value is -1.29. The summed E-state index contributed by atoms with van der Waals surface area (Å²) in [6.45, 7) is 7.80. The predicted octanol–water partition coefficient (Wildman–Crippen LogP) is 3.81. The van der Waals surface area contributed by atoms with Crippen molar-refractivity contribution in [2.75, 3.05) is 6.54 Å². The molecular formula is C14H17N. The molecule has 15 heavy (non-hydrogen) atoms. The van der Waals surface area contributed by atoms with Gasteiger partial charge in [0.2, 0.25) is 6.54 Å². The van der Waals surface area contributed by atoms with Gasteiger partial charge in [-0.1, -0.05) is 49.6 Å². The summed E-state index contributed by atoms with van der Waals surface area (Å²) >= 11 is 0. The van der Waals surface area contributed by atoms with Gasteiger partial charge in [0.25, 0.3) is 0 Å². The monoisotopic (exact) mass is 199 g/mol. The third-order valence-corrected chi connectivity index (χ3v) is 3.58. The van der Waals surface area contributed by atoms with Crippen molar-refractivity contribution >= 4 is 0 Å². The first-order valence-electron chi connectivity index (χ1n) is 5.76. The van der Waals surface area contributed by atoms with Gasteiger partial charge in [0, 0.05) is 0 Å². The van der Waals surface area contributed by atoms with E-state index in [1.807, 2.05) is 0 Å². The average molecular weight is 199 g/mol. The second-order valence-electron chi connectivity index (χ2n) is 4.52. The average Bonchev–Trinajstić information content (AvgIpc) is 2.32. The lowest BCUT2D eigenvalue weighted by atomic mass is 9.69. The van der Waals surface area contributed by atoms with Crippen molar-refractivity contribution in [1.82, 2.24) is 0 Å². The minimum atomic E-state index is 0.168. The van der Waals surface area contributed by atoms with Gasteiger partial charge in [-0.05, 0) is 18.4 Å². The van der Waals surface area contributed by atoms with Crippen LogP contribution in [0, 0.1) is 6.57 Å². The summed E-state index contributed by atoms with van der Waals surface area (Å²) in [5.74, 6) is 0. The normalized spacial score (nSPS) is 19.4. The zero-order chi connectivity index (χ0) is 10.6. The standard InChI is InChI=1S/C14H17N/c1-15-12-14(10-6-3-7-11-14)13-8-4-2-5-9-13/h2,4-5,8-9H,3,6-7,10-12H2. The molecule has 0 spiro atoms. The van der Waals surface area contributed by atoms with E-state index >= 15 is 0 Å². The molecule has 0 unspecified atom stereocenters. The fraction of sp³-hybridized carbons (Fsp3) is 0.500. The Balaban J connectivity index is 2.30. The number of nitrogens with zero attached hydrogens (tertiary/aromatic N) is 1. The number of rotatable bonds is 2. The minimum Gasteiger partial charge on any atom is -0.316 e. The van der Waals surface area contributed by atoms with E-state index in [-0.39, 0.29) is 5.41 Å². The summed E-state index contributed by atoms with van der Waals surface area (Å²) in [5, 5.41) is 0. The molecule has 78 valence electrons. The third kappa shape index (κ3) is 2.04. The Morgan fingerprint density at radius 3 is 2.33 bits per heavy atom. The summed E-state index contributed by atoms with van der Waals surface area (Å²) < 4.78 is 0. The zero-order valence-electron chi connectivity index (χ0n) is 9.08. The van der Waals surface area contributed by atoms with Crippen LogP contribution in [0.25, 0.3) is 4.85 Å². The van der Waals surface area contributed by atoms with Crippen molar-refractivity contribution in [1.29, 1.82) is 0 Å². The summed E-state index contributed by atoms with van der Waals surface area (Å²) in [7, 11) is 0. The van der Waals surface area contributed by atoms with Gasteiger partial charge in [-0.2, -0.15) is 0 Å². The fourth-order valence-electron chi connectivity index (χ4n) is 2.71. The topological polar surface area (TPSA) is 4.36 Å². The van der Waals surface area contributed by atoms with Gasteiger partial charge in [-0.25, -0.2) is 6.57 Å². The van der Waals surface area contributed by atoms with Crippen LogP contribution in [0.15, 0.2) is 30.3 Å². The van der Waals surface area contributed by atoms with Gasteiger partial charge in [-0.15, -0.1) is 0 Å². The maximum absolute atomic E-state index is 7.14. The first-order chi connectivity index (χ1) is 7.37. The van der Waals surface area contributed by atoms with E-state index in [9.17, 15) is 0 Å². The second-order valence-corrected chi connectivity index (χ2v) is 4.52. The predicted molar refractivity (Wildman–Crippen MR) is 62.7 cm³/mol. The highest BCUT2D eigenvalue weighted by molar-refractivity contribution is 5.27. The third-order valence-electron chi connectivity index (χ3n) is 3.58. The van der Waals surface area contributed by atoms with Crippen molar-refractivity contribution in [3.05, 3.63) is 47.3 Å². The van der Waals surface area contributed by atoms with Crippen LogP contribution in [-0.2, 0) is 5.41 Å². The Morgan fingerprint density at radius 1 is 1.07 bits per heavy atom. The molecule has 0 atom stereocenters. The molecule has 0 heterocycles. The lowest BCUT2D eigenvalue weighted by Crippen LogP contribution is -2.31. The number of hydrogen-bond acceptors (Lipinski definition) is 0. The molecular weight excluding hydrogens is 182 g/mol. The van der Waals surface area contributed by atoms with Crippen LogP contribution in [0.4, 0.5) is 0 Å². The van der Waals surface area contributed by atoms with Crippen LogP contribution in [0.5, 0.6) is 0 Å². The summed E-state index contributed by atoms with van der Waals surface area (Å²) in [5.41, 5.74) is 1.54. The van der Waals surface area contributed by atoms with E-state index in [2.05, 4.69) is 35.2 Å². The van der Waals surface area contributed by atoms with E-state index < -0.39 is 0 Å². The molecule has 1 fully saturated rings. The Morgan fingerprint density at radius 2 is 1.73 bits per heavy atom. The van der Waals surface area contributed by atoms with Gasteiger partial charge in [0.1, 0.15) is 0 Å².